The fourth-order valence-corrected chi connectivity index (χ4v) is 5.21. The molecule has 0 aromatic heterocycles. The van der Waals surface area contributed by atoms with E-state index in [1.165, 1.54) is 11.3 Å². The lowest BCUT2D eigenvalue weighted by atomic mass is 9.87. The molecule has 0 radical (unpaired) electrons. The van der Waals surface area contributed by atoms with Crippen LogP contribution in [0.2, 0.25) is 0 Å². The summed E-state index contributed by atoms with van der Waals surface area (Å²) in [6.07, 6.45) is 4.31. The molecule has 1 N–H and O–H groups in total. The number of hydroxylamine groups is 2. The molecule has 4 rings (SSSR count). The van der Waals surface area contributed by atoms with Gasteiger partial charge < -0.3 is 5.11 Å². The molecule has 1 aromatic carbocycles. The number of amides is 2. The minimum absolute atomic E-state index is 0.00461. The number of hydrogen-bond donors (Lipinski definition) is 1. The summed E-state index contributed by atoms with van der Waals surface area (Å²) >= 11 is 0. The highest BCUT2D eigenvalue weighted by atomic mass is 16.7. The van der Waals surface area contributed by atoms with Crippen molar-refractivity contribution in [2.75, 3.05) is 0 Å². The number of aryl methyl sites for hydroxylation is 2. The molecule has 158 valence electrons. The van der Waals surface area contributed by atoms with Gasteiger partial charge in [0.2, 0.25) is 5.91 Å². The van der Waals surface area contributed by atoms with E-state index in [-0.39, 0.29) is 35.2 Å². The molecule has 1 aromatic rings. The van der Waals surface area contributed by atoms with E-state index in [0.717, 1.165) is 42.4 Å². The first-order valence-electron chi connectivity index (χ1n) is 10.7. The Labute approximate surface area is 172 Å². The third-order valence-corrected chi connectivity index (χ3v) is 6.61. The minimum atomic E-state index is -0.761. The molecular formula is C23H32N2O4. The van der Waals surface area contributed by atoms with Crippen molar-refractivity contribution in [1.29, 1.82) is 0 Å². The van der Waals surface area contributed by atoms with E-state index < -0.39 is 12.0 Å². The van der Waals surface area contributed by atoms with Gasteiger partial charge in [-0.15, -0.1) is 0 Å². The molecule has 3 aliphatic rings. The van der Waals surface area contributed by atoms with Gasteiger partial charge >= 0.3 is 0 Å². The third-order valence-electron chi connectivity index (χ3n) is 6.61. The largest absolute Gasteiger partial charge is 0.507 e. The Kier molecular flexibility index (Phi) is 4.98. The molecule has 0 spiro atoms. The van der Waals surface area contributed by atoms with E-state index >= 15 is 0 Å². The Bertz CT molecular complexity index is 815. The van der Waals surface area contributed by atoms with Gasteiger partial charge in [-0.1, -0.05) is 31.4 Å². The van der Waals surface area contributed by atoms with Gasteiger partial charge in [-0.05, 0) is 64.2 Å². The van der Waals surface area contributed by atoms with Gasteiger partial charge in [0.15, 0.2) is 6.10 Å². The van der Waals surface area contributed by atoms with E-state index in [9.17, 15) is 14.7 Å². The van der Waals surface area contributed by atoms with Gasteiger partial charge in [0.25, 0.3) is 5.91 Å². The standard InChI is InChI=1S/C23H32N2O4/c1-13-11-15(12-14(2)19(13)26)18-17-20(29-25(18)23(3,4)5)22(28)24(21(17)27)16-9-7-6-8-10-16/h11-12,16-18,20,26H,6-10H2,1-5H3. The van der Waals surface area contributed by atoms with Crippen molar-refractivity contribution in [3.8, 4) is 5.75 Å². The van der Waals surface area contributed by atoms with E-state index in [1.807, 2.05) is 51.8 Å². The van der Waals surface area contributed by atoms with Crippen molar-refractivity contribution in [3.05, 3.63) is 28.8 Å². The van der Waals surface area contributed by atoms with Gasteiger partial charge in [0.1, 0.15) is 5.75 Å². The van der Waals surface area contributed by atoms with Crippen LogP contribution in [0.15, 0.2) is 12.1 Å². The highest BCUT2D eigenvalue weighted by Crippen LogP contribution is 2.49. The molecule has 0 bridgehead atoms. The second kappa shape index (κ2) is 7.10. The molecular weight excluding hydrogens is 368 g/mol. The monoisotopic (exact) mass is 400 g/mol. The maximum absolute atomic E-state index is 13.5. The Morgan fingerprint density at radius 3 is 2.14 bits per heavy atom. The van der Waals surface area contributed by atoms with Crippen LogP contribution in [0.4, 0.5) is 0 Å². The molecule has 2 amide bonds. The van der Waals surface area contributed by atoms with Crippen molar-refractivity contribution in [2.45, 2.75) is 90.4 Å². The summed E-state index contributed by atoms with van der Waals surface area (Å²) in [5.41, 5.74) is 2.05. The summed E-state index contributed by atoms with van der Waals surface area (Å²) in [5, 5.41) is 12.0. The van der Waals surface area contributed by atoms with Crippen LogP contribution < -0.4 is 0 Å². The van der Waals surface area contributed by atoms with E-state index in [0.29, 0.717) is 0 Å². The fourth-order valence-electron chi connectivity index (χ4n) is 5.21. The number of aromatic hydroxyl groups is 1. The predicted molar refractivity (Wildman–Crippen MR) is 109 cm³/mol. The fraction of sp³-hybridized carbons (Fsp3) is 0.652. The quantitative estimate of drug-likeness (QED) is 0.765. The number of fused-ring (bicyclic) bond motifs is 1. The lowest BCUT2D eigenvalue weighted by Gasteiger charge is -2.38. The number of benzene rings is 1. The lowest BCUT2D eigenvalue weighted by Crippen LogP contribution is -2.47. The summed E-state index contributed by atoms with van der Waals surface area (Å²) in [5.74, 6) is -0.570. The van der Waals surface area contributed by atoms with Crippen LogP contribution in [0.3, 0.4) is 0 Å². The summed E-state index contributed by atoms with van der Waals surface area (Å²) in [7, 11) is 0. The number of imide groups is 1. The first kappa shape index (κ1) is 20.4. The molecule has 3 atom stereocenters. The highest BCUT2D eigenvalue weighted by molar-refractivity contribution is 6.07. The average molecular weight is 401 g/mol. The minimum Gasteiger partial charge on any atom is -0.507 e. The smallest absolute Gasteiger partial charge is 0.261 e. The number of phenols is 1. The summed E-state index contributed by atoms with van der Waals surface area (Å²) in [4.78, 5) is 34.5. The summed E-state index contributed by atoms with van der Waals surface area (Å²) < 4.78 is 0. The number of carbonyl (C=O) groups excluding carboxylic acids is 2. The van der Waals surface area contributed by atoms with Crippen molar-refractivity contribution in [3.63, 3.8) is 0 Å². The highest BCUT2D eigenvalue weighted by Gasteiger charge is 2.62. The van der Waals surface area contributed by atoms with Gasteiger partial charge in [0, 0.05) is 11.6 Å². The van der Waals surface area contributed by atoms with Crippen LogP contribution in [0.1, 0.15) is 75.6 Å². The maximum atomic E-state index is 13.5. The topological polar surface area (TPSA) is 70.1 Å². The van der Waals surface area contributed by atoms with Crippen LogP contribution in [-0.4, -0.2) is 44.6 Å². The number of likely N-dealkylation sites (tertiary alicyclic amines) is 1. The second-order valence-electron chi connectivity index (χ2n) is 9.83. The van der Waals surface area contributed by atoms with Crippen molar-refractivity contribution >= 4 is 11.8 Å². The van der Waals surface area contributed by atoms with Gasteiger partial charge in [0.05, 0.1) is 12.0 Å². The number of phenolic OH excluding ortho intramolecular Hbond substituents is 1. The molecule has 6 heteroatoms. The molecule has 2 saturated heterocycles. The normalized spacial score (nSPS) is 29.0. The molecule has 2 heterocycles. The average Bonchev–Trinajstić information content (AvgIpc) is 3.17. The maximum Gasteiger partial charge on any atom is 0.261 e. The van der Waals surface area contributed by atoms with E-state index in [1.54, 1.807) is 0 Å². The Hall–Kier alpha value is -1.92. The van der Waals surface area contributed by atoms with Crippen molar-refractivity contribution in [1.82, 2.24) is 9.96 Å². The van der Waals surface area contributed by atoms with Crippen LogP contribution in [0.5, 0.6) is 5.75 Å². The molecule has 3 unspecified atom stereocenters. The number of hydrogen-bond acceptors (Lipinski definition) is 5. The van der Waals surface area contributed by atoms with Crippen molar-refractivity contribution in [2.24, 2.45) is 5.92 Å². The molecule has 1 saturated carbocycles. The summed E-state index contributed by atoms with van der Waals surface area (Å²) in [6, 6.07) is 3.48. The second-order valence-corrected chi connectivity index (χ2v) is 9.83. The van der Waals surface area contributed by atoms with Crippen LogP contribution >= 0.6 is 0 Å². The van der Waals surface area contributed by atoms with Gasteiger partial charge in [-0.2, -0.15) is 5.06 Å². The molecule has 2 aliphatic heterocycles. The van der Waals surface area contributed by atoms with Crippen LogP contribution in [0.25, 0.3) is 0 Å². The zero-order valence-electron chi connectivity index (χ0n) is 18.1. The zero-order valence-corrected chi connectivity index (χ0v) is 18.1. The van der Waals surface area contributed by atoms with Crippen LogP contribution in [-0.2, 0) is 14.4 Å². The SMILES string of the molecule is Cc1cc(C2C3C(=O)N(C4CCCCC4)C(=O)C3ON2C(C)(C)C)cc(C)c1O. The molecule has 3 fully saturated rings. The third kappa shape index (κ3) is 3.26. The zero-order chi connectivity index (χ0) is 21.1. The van der Waals surface area contributed by atoms with Gasteiger partial charge in [-0.3, -0.25) is 19.3 Å². The first-order chi connectivity index (χ1) is 13.6. The molecule has 6 nitrogen and oxygen atoms in total. The molecule has 1 aliphatic carbocycles. The summed E-state index contributed by atoms with van der Waals surface area (Å²) in [6.45, 7) is 9.78. The lowest BCUT2D eigenvalue weighted by molar-refractivity contribution is -0.216. The first-order valence-corrected chi connectivity index (χ1v) is 10.7. The number of rotatable bonds is 2. The molecule has 29 heavy (non-hydrogen) atoms. The Balaban J connectivity index is 1.75. The Morgan fingerprint density at radius 2 is 1.59 bits per heavy atom. The van der Waals surface area contributed by atoms with E-state index in [4.69, 9.17) is 4.84 Å². The van der Waals surface area contributed by atoms with E-state index in [2.05, 4.69) is 0 Å². The van der Waals surface area contributed by atoms with Gasteiger partial charge in [-0.25, -0.2) is 0 Å². The number of nitrogens with zero attached hydrogens (tertiary/aromatic N) is 2. The predicted octanol–water partition coefficient (Wildman–Crippen LogP) is 3.78. The Morgan fingerprint density at radius 1 is 1.00 bits per heavy atom. The van der Waals surface area contributed by atoms with Crippen LogP contribution in [0, 0.1) is 19.8 Å². The van der Waals surface area contributed by atoms with Crippen molar-refractivity contribution < 1.29 is 19.5 Å². The number of carbonyl (C=O) groups is 2.